The van der Waals surface area contributed by atoms with Gasteiger partial charge >= 0.3 is 5.97 Å². The van der Waals surface area contributed by atoms with E-state index >= 15 is 0 Å². The van der Waals surface area contributed by atoms with Crippen molar-refractivity contribution in [3.63, 3.8) is 0 Å². The summed E-state index contributed by atoms with van der Waals surface area (Å²) in [5, 5.41) is 12.2. The Morgan fingerprint density at radius 2 is 1.82 bits per heavy atom. The summed E-state index contributed by atoms with van der Waals surface area (Å²) in [5.41, 5.74) is -0.798. The van der Waals surface area contributed by atoms with Crippen LogP contribution in [0.25, 0.3) is 0 Å². The van der Waals surface area contributed by atoms with E-state index in [1.54, 1.807) is 0 Å². The molecule has 1 amide bonds. The molecule has 0 aliphatic heterocycles. The van der Waals surface area contributed by atoms with Crippen LogP contribution in [0.5, 0.6) is 0 Å². The van der Waals surface area contributed by atoms with Gasteiger partial charge in [-0.05, 0) is 37.8 Å². The fourth-order valence-corrected chi connectivity index (χ4v) is 4.14. The van der Waals surface area contributed by atoms with Gasteiger partial charge in [0, 0.05) is 22.6 Å². The summed E-state index contributed by atoms with van der Waals surface area (Å²) in [4.78, 5) is 24.6. The van der Waals surface area contributed by atoms with Crippen molar-refractivity contribution in [2.45, 2.75) is 48.2 Å². The number of carbonyl (C=O) groups is 2. The van der Waals surface area contributed by atoms with Crippen LogP contribution in [0.3, 0.4) is 0 Å². The first-order chi connectivity index (χ1) is 10.5. The lowest BCUT2D eigenvalue weighted by molar-refractivity contribution is -0.157. The Morgan fingerprint density at radius 3 is 2.32 bits per heavy atom. The third kappa shape index (κ3) is 3.29. The highest BCUT2D eigenvalue weighted by Crippen LogP contribution is 2.51. The molecule has 2 aliphatic carbocycles. The summed E-state index contributed by atoms with van der Waals surface area (Å²) < 4.78 is 0.104. The summed E-state index contributed by atoms with van der Waals surface area (Å²) in [7, 11) is 0. The van der Waals surface area contributed by atoms with E-state index < -0.39 is 11.4 Å². The number of carboxylic acid groups (broad SMARTS) is 1. The minimum atomic E-state index is -0.825. The van der Waals surface area contributed by atoms with Crippen LogP contribution in [0.1, 0.15) is 38.5 Å². The molecular formula is C17H21NO3S. The Balaban J connectivity index is 1.50. The predicted octanol–water partition coefficient (Wildman–Crippen LogP) is 3.07. The van der Waals surface area contributed by atoms with Crippen LogP contribution in [0.2, 0.25) is 0 Å². The minimum Gasteiger partial charge on any atom is -0.481 e. The molecule has 2 N–H and O–H groups in total. The van der Waals surface area contributed by atoms with E-state index in [0.29, 0.717) is 19.4 Å². The third-order valence-corrected chi connectivity index (χ3v) is 6.25. The van der Waals surface area contributed by atoms with Gasteiger partial charge in [0.25, 0.3) is 0 Å². The SMILES string of the molecule is O=C(CC1(C(=O)O)CCC1)NCC1(Sc2ccccc2)CC1. The van der Waals surface area contributed by atoms with Crippen LogP contribution in [0, 0.1) is 5.41 Å². The summed E-state index contributed by atoms with van der Waals surface area (Å²) >= 11 is 1.81. The van der Waals surface area contributed by atoms with Crippen molar-refractivity contribution >= 4 is 23.6 Å². The maximum Gasteiger partial charge on any atom is 0.310 e. The molecule has 3 rings (SSSR count). The predicted molar refractivity (Wildman–Crippen MR) is 85.8 cm³/mol. The summed E-state index contributed by atoms with van der Waals surface area (Å²) in [6.07, 6.45) is 4.47. The number of nitrogens with one attached hydrogen (secondary N) is 1. The standard InChI is InChI=1S/C17H21NO3S/c19-14(11-16(15(20)21)7-4-8-16)18-12-17(9-10-17)22-13-5-2-1-3-6-13/h1-3,5-6H,4,7-12H2,(H,18,19)(H,20,21). The van der Waals surface area contributed by atoms with Crippen molar-refractivity contribution in [3.05, 3.63) is 30.3 Å². The van der Waals surface area contributed by atoms with Gasteiger partial charge in [-0.25, -0.2) is 0 Å². The molecule has 118 valence electrons. The van der Waals surface area contributed by atoms with Crippen LogP contribution in [-0.2, 0) is 9.59 Å². The molecule has 2 aliphatic rings. The second-order valence-electron chi connectivity index (χ2n) is 6.49. The second-order valence-corrected chi connectivity index (χ2v) is 8.03. The van der Waals surface area contributed by atoms with Gasteiger partial charge in [-0.3, -0.25) is 9.59 Å². The van der Waals surface area contributed by atoms with Gasteiger partial charge in [0.05, 0.1) is 5.41 Å². The van der Waals surface area contributed by atoms with Gasteiger partial charge < -0.3 is 10.4 Å². The molecule has 5 heteroatoms. The highest BCUT2D eigenvalue weighted by Gasteiger charge is 2.47. The van der Waals surface area contributed by atoms with Crippen molar-refractivity contribution in [1.29, 1.82) is 0 Å². The number of carbonyl (C=O) groups excluding carboxylic acids is 1. The molecule has 0 bridgehead atoms. The average molecular weight is 319 g/mol. The number of thioether (sulfide) groups is 1. The lowest BCUT2D eigenvalue weighted by atomic mass is 9.66. The fourth-order valence-electron chi connectivity index (χ4n) is 2.89. The van der Waals surface area contributed by atoms with Gasteiger partial charge in [-0.15, -0.1) is 11.8 Å². The van der Waals surface area contributed by atoms with Crippen molar-refractivity contribution < 1.29 is 14.7 Å². The molecule has 0 spiro atoms. The van der Waals surface area contributed by atoms with Gasteiger partial charge in [-0.2, -0.15) is 0 Å². The molecule has 0 unspecified atom stereocenters. The molecule has 0 heterocycles. The first kappa shape index (κ1) is 15.4. The Morgan fingerprint density at radius 1 is 1.14 bits per heavy atom. The normalized spacial score (nSPS) is 20.7. The summed E-state index contributed by atoms with van der Waals surface area (Å²) in [6, 6.07) is 10.2. The number of benzene rings is 1. The van der Waals surface area contributed by atoms with Gasteiger partial charge in [0.15, 0.2) is 0 Å². The van der Waals surface area contributed by atoms with Crippen molar-refractivity contribution in [1.82, 2.24) is 5.32 Å². The lowest BCUT2D eigenvalue weighted by Crippen LogP contribution is -2.43. The quantitative estimate of drug-likeness (QED) is 0.810. The Hall–Kier alpha value is -1.49. The highest BCUT2D eigenvalue weighted by atomic mass is 32.2. The van der Waals surface area contributed by atoms with Crippen molar-refractivity contribution in [2.24, 2.45) is 5.41 Å². The number of rotatable bonds is 7. The molecule has 0 aromatic heterocycles. The van der Waals surface area contributed by atoms with Crippen LogP contribution in [0.4, 0.5) is 0 Å². The van der Waals surface area contributed by atoms with Crippen molar-refractivity contribution in [3.8, 4) is 0 Å². The van der Waals surface area contributed by atoms with Crippen molar-refractivity contribution in [2.75, 3.05) is 6.54 Å². The molecule has 2 fully saturated rings. The van der Waals surface area contributed by atoms with E-state index in [1.807, 2.05) is 30.0 Å². The lowest BCUT2D eigenvalue weighted by Gasteiger charge is -2.37. The Bertz CT molecular complexity index is 565. The molecule has 2 saturated carbocycles. The maximum atomic E-state index is 12.1. The minimum absolute atomic E-state index is 0.104. The molecule has 22 heavy (non-hydrogen) atoms. The topological polar surface area (TPSA) is 66.4 Å². The van der Waals surface area contributed by atoms with E-state index in [4.69, 9.17) is 0 Å². The number of hydrogen-bond donors (Lipinski definition) is 2. The Kier molecular flexibility index (Phi) is 4.17. The van der Waals surface area contributed by atoms with E-state index in [0.717, 1.165) is 19.3 Å². The van der Waals surface area contributed by atoms with Gasteiger partial charge in [0.1, 0.15) is 0 Å². The second kappa shape index (κ2) is 5.95. The van der Waals surface area contributed by atoms with Crippen LogP contribution >= 0.6 is 11.8 Å². The summed E-state index contributed by atoms with van der Waals surface area (Å²) in [5.74, 6) is -0.948. The van der Waals surface area contributed by atoms with Crippen LogP contribution in [0.15, 0.2) is 35.2 Å². The van der Waals surface area contributed by atoms with Gasteiger partial charge in [-0.1, -0.05) is 24.6 Å². The monoisotopic (exact) mass is 319 g/mol. The highest BCUT2D eigenvalue weighted by molar-refractivity contribution is 8.01. The largest absolute Gasteiger partial charge is 0.481 e. The van der Waals surface area contributed by atoms with E-state index in [1.165, 1.54) is 4.90 Å². The van der Waals surface area contributed by atoms with Crippen LogP contribution < -0.4 is 5.32 Å². The average Bonchev–Trinajstić information content (AvgIpc) is 3.21. The third-order valence-electron chi connectivity index (χ3n) is 4.76. The number of amides is 1. The molecule has 4 nitrogen and oxygen atoms in total. The van der Waals surface area contributed by atoms with Crippen LogP contribution in [-0.4, -0.2) is 28.3 Å². The van der Waals surface area contributed by atoms with E-state index in [-0.39, 0.29) is 17.1 Å². The molecule has 1 aromatic carbocycles. The molecule has 0 atom stereocenters. The smallest absolute Gasteiger partial charge is 0.310 e. The Labute approximate surface area is 134 Å². The molecule has 1 aromatic rings. The zero-order valence-corrected chi connectivity index (χ0v) is 13.3. The molecule has 0 saturated heterocycles. The molecular weight excluding hydrogens is 298 g/mol. The number of hydrogen-bond acceptors (Lipinski definition) is 3. The summed E-state index contributed by atoms with van der Waals surface area (Å²) in [6.45, 7) is 0.626. The zero-order chi connectivity index (χ0) is 15.6. The first-order valence-corrected chi connectivity index (χ1v) is 8.60. The first-order valence-electron chi connectivity index (χ1n) is 7.78. The van der Waals surface area contributed by atoms with Gasteiger partial charge in [0.2, 0.25) is 5.91 Å². The maximum absolute atomic E-state index is 12.1. The zero-order valence-electron chi connectivity index (χ0n) is 12.5. The number of carboxylic acids is 1. The van der Waals surface area contributed by atoms with E-state index in [2.05, 4.69) is 17.4 Å². The molecule has 0 radical (unpaired) electrons. The number of aliphatic carboxylic acids is 1. The van der Waals surface area contributed by atoms with E-state index in [9.17, 15) is 14.7 Å². The fraction of sp³-hybridized carbons (Fsp3) is 0.529.